The molecule has 2 aromatic heterocycles. The third-order valence-electron chi connectivity index (χ3n) is 3.80. The fourth-order valence-corrected chi connectivity index (χ4v) is 5.49. The third-order valence-corrected chi connectivity index (χ3v) is 6.58. The molecule has 8 heteroatoms. The molecule has 1 aromatic carbocycles. The second kappa shape index (κ2) is 8.08. The summed E-state index contributed by atoms with van der Waals surface area (Å²) in [6, 6.07) is 5.28. The highest BCUT2D eigenvalue weighted by Crippen LogP contribution is 2.39. The van der Waals surface area contributed by atoms with Crippen LogP contribution in [0.15, 0.2) is 22.0 Å². The van der Waals surface area contributed by atoms with Crippen LogP contribution in [0.25, 0.3) is 10.6 Å². The first kappa shape index (κ1) is 20.0. The Hall–Kier alpha value is -1.77. The minimum Gasteiger partial charge on any atom is -0.491 e. The third kappa shape index (κ3) is 4.56. The molecule has 3 aromatic rings. The minimum atomic E-state index is -0.455. The van der Waals surface area contributed by atoms with E-state index in [-0.39, 0.29) is 6.10 Å². The number of primary amides is 1. The van der Waals surface area contributed by atoms with Gasteiger partial charge in [-0.1, -0.05) is 0 Å². The van der Waals surface area contributed by atoms with Crippen LogP contribution >= 0.6 is 38.6 Å². The SMILES string of the molecule is Cc1nc(C)c(-c2nc(Cc3cc(C(N)=O)ccc3OC(C)C)sc2Br)s1. The van der Waals surface area contributed by atoms with Crippen molar-refractivity contribution in [1.82, 2.24) is 9.97 Å². The molecule has 142 valence electrons. The molecule has 0 saturated heterocycles. The van der Waals surface area contributed by atoms with Crippen molar-refractivity contribution in [2.75, 3.05) is 0 Å². The van der Waals surface area contributed by atoms with Gasteiger partial charge in [0.1, 0.15) is 11.4 Å². The van der Waals surface area contributed by atoms with E-state index < -0.39 is 5.91 Å². The summed E-state index contributed by atoms with van der Waals surface area (Å²) in [6.45, 7) is 7.93. The molecule has 2 heterocycles. The molecule has 1 amide bonds. The minimum absolute atomic E-state index is 0.0320. The quantitative estimate of drug-likeness (QED) is 0.547. The number of carbonyl (C=O) groups excluding carboxylic acids is 1. The van der Waals surface area contributed by atoms with Gasteiger partial charge in [0.25, 0.3) is 0 Å². The fraction of sp³-hybridized carbons (Fsp3) is 0.316. The van der Waals surface area contributed by atoms with Gasteiger partial charge in [-0.2, -0.15) is 0 Å². The van der Waals surface area contributed by atoms with Gasteiger partial charge in [-0.25, -0.2) is 9.97 Å². The number of benzene rings is 1. The number of hydrogen-bond acceptors (Lipinski definition) is 6. The van der Waals surface area contributed by atoms with E-state index in [1.54, 1.807) is 40.9 Å². The van der Waals surface area contributed by atoms with Crippen LogP contribution in [0, 0.1) is 13.8 Å². The van der Waals surface area contributed by atoms with Crippen molar-refractivity contribution in [3.8, 4) is 16.3 Å². The molecule has 0 spiro atoms. The maximum absolute atomic E-state index is 11.6. The van der Waals surface area contributed by atoms with E-state index >= 15 is 0 Å². The first-order valence-corrected chi connectivity index (χ1v) is 10.9. The standard InChI is InChI=1S/C19H20BrN3O2S2/c1-9(2)25-14-6-5-12(19(21)24)7-13(14)8-15-23-16(18(20)27-15)17-10(3)22-11(4)26-17/h5-7,9H,8H2,1-4H3,(H2,21,24). The highest BCUT2D eigenvalue weighted by molar-refractivity contribution is 9.11. The Morgan fingerprint density at radius 2 is 2.00 bits per heavy atom. The molecule has 0 unspecified atom stereocenters. The van der Waals surface area contributed by atoms with Gasteiger partial charge < -0.3 is 10.5 Å². The van der Waals surface area contributed by atoms with Gasteiger partial charge in [-0.15, -0.1) is 22.7 Å². The summed E-state index contributed by atoms with van der Waals surface area (Å²) in [5, 5.41) is 1.95. The summed E-state index contributed by atoms with van der Waals surface area (Å²) in [5.74, 6) is 0.289. The number of aryl methyl sites for hydroxylation is 2. The van der Waals surface area contributed by atoms with E-state index in [2.05, 4.69) is 20.9 Å². The molecule has 0 aliphatic heterocycles. The number of aromatic nitrogens is 2. The normalized spacial score (nSPS) is 11.2. The first-order valence-electron chi connectivity index (χ1n) is 8.43. The first-order chi connectivity index (χ1) is 12.7. The Morgan fingerprint density at radius 1 is 1.26 bits per heavy atom. The van der Waals surface area contributed by atoms with Crippen molar-refractivity contribution in [3.05, 3.63) is 48.8 Å². The highest BCUT2D eigenvalue weighted by atomic mass is 79.9. The lowest BCUT2D eigenvalue weighted by Crippen LogP contribution is -2.13. The molecule has 0 aliphatic rings. The molecule has 0 radical (unpaired) electrons. The number of halogens is 1. The van der Waals surface area contributed by atoms with Gasteiger partial charge in [0.2, 0.25) is 5.91 Å². The summed E-state index contributed by atoms with van der Waals surface area (Å²) < 4.78 is 6.88. The largest absolute Gasteiger partial charge is 0.491 e. The van der Waals surface area contributed by atoms with Crippen molar-refractivity contribution >= 4 is 44.5 Å². The Balaban J connectivity index is 1.97. The molecule has 0 saturated carbocycles. The maximum Gasteiger partial charge on any atom is 0.248 e. The molecule has 27 heavy (non-hydrogen) atoms. The zero-order chi connectivity index (χ0) is 19.7. The monoisotopic (exact) mass is 465 g/mol. The van der Waals surface area contributed by atoms with E-state index in [9.17, 15) is 4.79 Å². The molecular weight excluding hydrogens is 446 g/mol. The topological polar surface area (TPSA) is 78.1 Å². The lowest BCUT2D eigenvalue weighted by molar-refractivity contribution is 0.1000. The van der Waals surface area contributed by atoms with Crippen LogP contribution in [-0.2, 0) is 6.42 Å². The van der Waals surface area contributed by atoms with E-state index in [1.165, 1.54) is 0 Å². The lowest BCUT2D eigenvalue weighted by atomic mass is 10.1. The number of nitrogens with zero attached hydrogens (tertiary/aromatic N) is 2. The van der Waals surface area contributed by atoms with Crippen molar-refractivity contribution < 1.29 is 9.53 Å². The smallest absolute Gasteiger partial charge is 0.248 e. The van der Waals surface area contributed by atoms with Crippen LogP contribution < -0.4 is 10.5 Å². The molecule has 0 atom stereocenters. The van der Waals surface area contributed by atoms with Crippen molar-refractivity contribution in [1.29, 1.82) is 0 Å². The number of hydrogen-bond donors (Lipinski definition) is 1. The van der Waals surface area contributed by atoms with Crippen molar-refractivity contribution in [3.63, 3.8) is 0 Å². The van der Waals surface area contributed by atoms with E-state index in [0.717, 1.165) is 41.4 Å². The summed E-state index contributed by atoms with van der Waals surface area (Å²) in [7, 11) is 0. The number of carbonyl (C=O) groups is 1. The average Bonchev–Trinajstić information content (AvgIpc) is 3.09. The van der Waals surface area contributed by atoms with Crippen LogP contribution in [0.5, 0.6) is 5.75 Å². The zero-order valence-corrected chi connectivity index (χ0v) is 18.7. The number of ether oxygens (including phenoxy) is 1. The molecule has 5 nitrogen and oxygen atoms in total. The van der Waals surface area contributed by atoms with Crippen molar-refractivity contribution in [2.24, 2.45) is 5.73 Å². The number of rotatable bonds is 6. The van der Waals surface area contributed by atoms with Gasteiger partial charge in [0.15, 0.2) is 0 Å². The molecule has 3 rings (SSSR count). The summed E-state index contributed by atoms with van der Waals surface area (Å²) in [4.78, 5) is 22.0. The number of nitrogens with two attached hydrogens (primary N) is 1. The molecule has 2 N–H and O–H groups in total. The molecule has 0 bridgehead atoms. The van der Waals surface area contributed by atoms with Crippen LogP contribution in [0.4, 0.5) is 0 Å². The predicted octanol–water partition coefficient (Wildman–Crippen LogP) is 5.12. The Labute approximate surface area is 174 Å². The van der Waals surface area contributed by atoms with Gasteiger partial charge >= 0.3 is 0 Å². The number of thiazole rings is 2. The second-order valence-electron chi connectivity index (χ2n) is 6.41. The summed E-state index contributed by atoms with van der Waals surface area (Å²) in [6.07, 6.45) is 0.591. The maximum atomic E-state index is 11.6. The fourth-order valence-electron chi connectivity index (χ4n) is 2.71. The Morgan fingerprint density at radius 3 is 2.59 bits per heavy atom. The predicted molar refractivity (Wildman–Crippen MR) is 114 cm³/mol. The van der Waals surface area contributed by atoms with Gasteiger partial charge in [0.05, 0.1) is 30.5 Å². The number of amides is 1. The average molecular weight is 466 g/mol. The van der Waals surface area contributed by atoms with E-state index in [1.807, 2.05) is 27.7 Å². The van der Waals surface area contributed by atoms with Gasteiger partial charge in [-0.05, 0) is 61.8 Å². The molecule has 0 fully saturated rings. The van der Waals surface area contributed by atoms with Crippen LogP contribution in [-0.4, -0.2) is 22.0 Å². The van der Waals surface area contributed by atoms with Crippen LogP contribution in [0.2, 0.25) is 0 Å². The zero-order valence-electron chi connectivity index (χ0n) is 15.5. The van der Waals surface area contributed by atoms with E-state index in [0.29, 0.717) is 12.0 Å². The lowest BCUT2D eigenvalue weighted by Gasteiger charge is -2.14. The van der Waals surface area contributed by atoms with Crippen LogP contribution in [0.1, 0.15) is 45.5 Å². The van der Waals surface area contributed by atoms with Gasteiger partial charge in [0, 0.05) is 17.5 Å². The Kier molecular flexibility index (Phi) is 5.98. The summed E-state index contributed by atoms with van der Waals surface area (Å²) >= 11 is 6.85. The molecule has 0 aliphatic carbocycles. The van der Waals surface area contributed by atoms with Crippen LogP contribution in [0.3, 0.4) is 0 Å². The molecular formula is C19H20BrN3O2S2. The summed E-state index contributed by atoms with van der Waals surface area (Å²) in [5.41, 5.74) is 8.70. The van der Waals surface area contributed by atoms with Crippen molar-refractivity contribution in [2.45, 2.75) is 40.2 Å². The highest BCUT2D eigenvalue weighted by Gasteiger charge is 2.18. The Bertz CT molecular complexity index is 995. The van der Waals surface area contributed by atoms with E-state index in [4.69, 9.17) is 15.5 Å². The second-order valence-corrected chi connectivity index (χ2v) is 10.0. The van der Waals surface area contributed by atoms with Gasteiger partial charge in [-0.3, -0.25) is 4.79 Å².